The summed E-state index contributed by atoms with van der Waals surface area (Å²) < 4.78 is 5.51. The van der Waals surface area contributed by atoms with Crippen LogP contribution in [0.3, 0.4) is 0 Å². The smallest absolute Gasteiger partial charge is 0.319 e. The second kappa shape index (κ2) is 9.68. The molecule has 0 spiro atoms. The average Bonchev–Trinajstić information content (AvgIpc) is 2.60. The van der Waals surface area contributed by atoms with E-state index in [1.807, 2.05) is 13.8 Å². The summed E-state index contributed by atoms with van der Waals surface area (Å²) in [5.74, 6) is 0.488. The molecule has 2 aromatic carbocycles. The quantitative estimate of drug-likeness (QED) is 0.646. The van der Waals surface area contributed by atoms with Crippen molar-refractivity contribution in [3.63, 3.8) is 0 Å². The van der Waals surface area contributed by atoms with E-state index in [1.54, 1.807) is 48.5 Å². The lowest BCUT2D eigenvalue weighted by Gasteiger charge is -2.11. The number of carbonyl (C=O) groups is 2. The molecule has 0 aliphatic carbocycles. The third kappa shape index (κ3) is 6.64. The van der Waals surface area contributed by atoms with Crippen LogP contribution in [0, 0.1) is 0 Å². The lowest BCUT2D eigenvalue weighted by molar-refractivity contribution is 0.0947. The van der Waals surface area contributed by atoms with E-state index in [0.29, 0.717) is 35.2 Å². The van der Waals surface area contributed by atoms with Crippen LogP contribution in [0.15, 0.2) is 48.5 Å². The highest BCUT2D eigenvalue weighted by Crippen LogP contribution is 2.15. The third-order valence-corrected chi connectivity index (χ3v) is 3.55. The number of hydrogen-bond acceptors (Lipinski definition) is 3. The first-order valence-electron chi connectivity index (χ1n) is 8.28. The number of hydrogen-bond donors (Lipinski definition) is 3. The standard InChI is InChI=1S/C19H22ClN3O3/c1-13(2)22-19(25)23-16-7-3-14(4-8-16)18(24)21-11-12-26-17-9-5-15(20)6-10-17/h3-10,13H,11-12H2,1-2H3,(H,21,24)(H2,22,23,25). The highest BCUT2D eigenvalue weighted by atomic mass is 35.5. The molecule has 0 aliphatic heterocycles. The summed E-state index contributed by atoms with van der Waals surface area (Å²) in [5, 5.41) is 8.85. The molecule has 0 atom stereocenters. The number of rotatable bonds is 7. The summed E-state index contributed by atoms with van der Waals surface area (Å²) in [5.41, 5.74) is 1.12. The molecule has 0 saturated carbocycles. The normalized spacial score (nSPS) is 10.3. The van der Waals surface area contributed by atoms with Crippen molar-refractivity contribution in [1.82, 2.24) is 10.6 Å². The van der Waals surface area contributed by atoms with Crippen LogP contribution in [0.2, 0.25) is 5.02 Å². The van der Waals surface area contributed by atoms with Gasteiger partial charge in [-0.25, -0.2) is 4.79 Å². The first-order valence-corrected chi connectivity index (χ1v) is 8.66. The van der Waals surface area contributed by atoms with Crippen LogP contribution in [0.5, 0.6) is 5.75 Å². The van der Waals surface area contributed by atoms with Gasteiger partial charge < -0.3 is 20.7 Å². The topological polar surface area (TPSA) is 79.5 Å². The monoisotopic (exact) mass is 375 g/mol. The minimum absolute atomic E-state index is 0.0511. The number of nitrogens with one attached hydrogen (secondary N) is 3. The Morgan fingerprint density at radius 2 is 1.69 bits per heavy atom. The van der Waals surface area contributed by atoms with Crippen LogP contribution < -0.4 is 20.7 Å². The molecule has 0 saturated heterocycles. The molecule has 0 aliphatic rings. The second-order valence-electron chi connectivity index (χ2n) is 5.89. The Bertz CT molecular complexity index is 731. The fraction of sp³-hybridized carbons (Fsp3) is 0.263. The minimum atomic E-state index is -0.281. The molecule has 0 bridgehead atoms. The van der Waals surface area contributed by atoms with E-state index in [9.17, 15) is 9.59 Å². The fourth-order valence-corrected chi connectivity index (χ4v) is 2.23. The molecule has 0 heterocycles. The molecule has 0 radical (unpaired) electrons. The lowest BCUT2D eigenvalue weighted by atomic mass is 10.2. The number of benzene rings is 2. The van der Waals surface area contributed by atoms with Gasteiger partial charge in [-0.15, -0.1) is 0 Å². The largest absolute Gasteiger partial charge is 0.492 e. The highest BCUT2D eigenvalue weighted by Gasteiger charge is 2.07. The van der Waals surface area contributed by atoms with E-state index >= 15 is 0 Å². The molecular formula is C19H22ClN3O3. The first-order chi connectivity index (χ1) is 12.4. The number of ether oxygens (including phenoxy) is 1. The Morgan fingerprint density at radius 1 is 1.04 bits per heavy atom. The number of amides is 3. The molecule has 6 nitrogen and oxygen atoms in total. The molecular weight excluding hydrogens is 354 g/mol. The summed E-state index contributed by atoms with van der Waals surface area (Å²) in [6.45, 7) is 4.48. The van der Waals surface area contributed by atoms with Crippen molar-refractivity contribution in [3.8, 4) is 5.75 Å². The van der Waals surface area contributed by atoms with Crippen LogP contribution in [0.25, 0.3) is 0 Å². The molecule has 26 heavy (non-hydrogen) atoms. The van der Waals surface area contributed by atoms with Crippen molar-refractivity contribution in [1.29, 1.82) is 0 Å². The number of carbonyl (C=O) groups excluding carboxylic acids is 2. The van der Waals surface area contributed by atoms with Gasteiger partial charge in [0.2, 0.25) is 0 Å². The molecule has 0 aromatic heterocycles. The van der Waals surface area contributed by atoms with Gasteiger partial charge in [-0.05, 0) is 62.4 Å². The van der Waals surface area contributed by atoms with Crippen LogP contribution in [0.1, 0.15) is 24.2 Å². The van der Waals surface area contributed by atoms with Gasteiger partial charge in [0.1, 0.15) is 12.4 Å². The SMILES string of the molecule is CC(C)NC(=O)Nc1ccc(C(=O)NCCOc2ccc(Cl)cc2)cc1. The van der Waals surface area contributed by atoms with E-state index in [4.69, 9.17) is 16.3 Å². The number of halogens is 1. The molecule has 7 heteroatoms. The van der Waals surface area contributed by atoms with Crippen molar-refractivity contribution in [2.45, 2.75) is 19.9 Å². The molecule has 3 amide bonds. The minimum Gasteiger partial charge on any atom is -0.492 e. The second-order valence-corrected chi connectivity index (χ2v) is 6.33. The summed E-state index contributed by atoms with van der Waals surface area (Å²) >= 11 is 5.80. The highest BCUT2D eigenvalue weighted by molar-refractivity contribution is 6.30. The summed E-state index contributed by atoms with van der Waals surface area (Å²) in [4.78, 5) is 23.7. The zero-order valence-electron chi connectivity index (χ0n) is 14.7. The van der Waals surface area contributed by atoms with E-state index in [0.717, 1.165) is 0 Å². The van der Waals surface area contributed by atoms with E-state index < -0.39 is 0 Å². The summed E-state index contributed by atoms with van der Waals surface area (Å²) in [6.07, 6.45) is 0. The van der Waals surface area contributed by atoms with Crippen molar-refractivity contribution in [2.24, 2.45) is 0 Å². The molecule has 2 rings (SSSR count). The van der Waals surface area contributed by atoms with Crippen molar-refractivity contribution < 1.29 is 14.3 Å². The van der Waals surface area contributed by atoms with E-state index in [1.165, 1.54) is 0 Å². The molecule has 3 N–H and O–H groups in total. The maximum atomic E-state index is 12.1. The maximum absolute atomic E-state index is 12.1. The van der Waals surface area contributed by atoms with Gasteiger partial charge in [0.25, 0.3) is 5.91 Å². The first kappa shape index (κ1) is 19.6. The lowest BCUT2D eigenvalue weighted by Crippen LogP contribution is -2.34. The van der Waals surface area contributed by atoms with E-state index in [-0.39, 0.29) is 18.0 Å². The fourth-order valence-electron chi connectivity index (χ4n) is 2.10. The Hall–Kier alpha value is -2.73. The van der Waals surface area contributed by atoms with Crippen LogP contribution >= 0.6 is 11.6 Å². The Balaban J connectivity index is 1.75. The van der Waals surface area contributed by atoms with Gasteiger partial charge >= 0.3 is 6.03 Å². The summed E-state index contributed by atoms with van der Waals surface area (Å²) in [7, 11) is 0. The van der Waals surface area contributed by atoms with Gasteiger partial charge in [0, 0.05) is 22.3 Å². The Morgan fingerprint density at radius 3 is 2.31 bits per heavy atom. The number of anilines is 1. The van der Waals surface area contributed by atoms with E-state index in [2.05, 4.69) is 16.0 Å². The van der Waals surface area contributed by atoms with Crippen LogP contribution in [-0.4, -0.2) is 31.1 Å². The third-order valence-electron chi connectivity index (χ3n) is 3.29. The predicted octanol–water partition coefficient (Wildman–Crippen LogP) is 3.68. The van der Waals surface area contributed by atoms with Gasteiger partial charge in [-0.3, -0.25) is 4.79 Å². The summed E-state index contributed by atoms with van der Waals surface area (Å²) in [6, 6.07) is 13.5. The zero-order valence-corrected chi connectivity index (χ0v) is 15.5. The molecule has 0 fully saturated rings. The van der Waals surface area contributed by atoms with Gasteiger partial charge in [-0.1, -0.05) is 11.6 Å². The maximum Gasteiger partial charge on any atom is 0.319 e. The average molecular weight is 376 g/mol. The molecule has 0 unspecified atom stereocenters. The van der Waals surface area contributed by atoms with Gasteiger partial charge in [0.15, 0.2) is 0 Å². The van der Waals surface area contributed by atoms with Crippen LogP contribution in [0.4, 0.5) is 10.5 Å². The Kier molecular flexibility index (Phi) is 7.29. The predicted molar refractivity (Wildman–Crippen MR) is 103 cm³/mol. The van der Waals surface area contributed by atoms with Crippen molar-refractivity contribution >= 4 is 29.2 Å². The van der Waals surface area contributed by atoms with Gasteiger partial charge in [0.05, 0.1) is 6.54 Å². The van der Waals surface area contributed by atoms with Crippen molar-refractivity contribution in [2.75, 3.05) is 18.5 Å². The molecule has 2 aromatic rings. The number of urea groups is 1. The van der Waals surface area contributed by atoms with Crippen molar-refractivity contribution in [3.05, 3.63) is 59.1 Å². The molecule has 138 valence electrons. The van der Waals surface area contributed by atoms with Crippen LogP contribution in [-0.2, 0) is 0 Å². The Labute approximate surface area is 157 Å². The van der Waals surface area contributed by atoms with Gasteiger partial charge in [-0.2, -0.15) is 0 Å². The zero-order chi connectivity index (χ0) is 18.9.